The van der Waals surface area contributed by atoms with Crippen molar-refractivity contribution in [3.63, 3.8) is 0 Å². The SMILES string of the molecule is C[C@@H]1CCCN1C[C@@H]1CCCN1C(=O)C1(S(C)(=O)=O)C=CC(c2ccccc2)=CC1F.Cl. The highest BCUT2D eigenvalue weighted by Crippen LogP contribution is 2.38. The van der Waals surface area contributed by atoms with Crippen molar-refractivity contribution in [3.8, 4) is 0 Å². The maximum atomic E-state index is 15.7. The van der Waals surface area contributed by atoms with E-state index in [1.54, 1.807) is 11.0 Å². The number of carbonyl (C=O) groups excluding carboxylic acids is 1. The van der Waals surface area contributed by atoms with Crippen LogP contribution in [0.1, 0.15) is 38.2 Å². The van der Waals surface area contributed by atoms with Gasteiger partial charge in [-0.25, -0.2) is 12.8 Å². The summed E-state index contributed by atoms with van der Waals surface area (Å²) >= 11 is 0. The van der Waals surface area contributed by atoms with Gasteiger partial charge in [0.15, 0.2) is 16.0 Å². The fraction of sp³-hybridized carbons (Fsp3) is 0.542. The quantitative estimate of drug-likeness (QED) is 0.642. The average Bonchev–Trinajstić information content (AvgIpc) is 3.36. The molecule has 1 aliphatic carbocycles. The highest BCUT2D eigenvalue weighted by molar-refractivity contribution is 7.93. The first-order valence-corrected chi connectivity index (χ1v) is 13.0. The zero-order valence-corrected chi connectivity index (χ0v) is 20.2. The van der Waals surface area contributed by atoms with E-state index in [1.807, 2.05) is 30.3 Å². The van der Waals surface area contributed by atoms with E-state index in [4.69, 9.17) is 0 Å². The molecule has 4 rings (SSSR count). The van der Waals surface area contributed by atoms with Gasteiger partial charge in [-0.3, -0.25) is 9.69 Å². The Balaban J connectivity index is 0.00000289. The van der Waals surface area contributed by atoms with Crippen LogP contribution in [-0.4, -0.2) is 73.0 Å². The maximum absolute atomic E-state index is 15.7. The Labute approximate surface area is 196 Å². The molecule has 8 heteroatoms. The van der Waals surface area contributed by atoms with E-state index in [-0.39, 0.29) is 18.4 Å². The maximum Gasteiger partial charge on any atom is 0.251 e. The third-order valence-electron chi connectivity index (χ3n) is 7.07. The van der Waals surface area contributed by atoms with Gasteiger partial charge in [0.1, 0.15) is 0 Å². The number of sulfone groups is 1. The van der Waals surface area contributed by atoms with Crippen LogP contribution in [0.4, 0.5) is 4.39 Å². The van der Waals surface area contributed by atoms with E-state index in [0.717, 1.165) is 50.6 Å². The summed E-state index contributed by atoms with van der Waals surface area (Å²) in [7, 11) is -4.05. The normalized spacial score (nSPS) is 30.8. The minimum atomic E-state index is -4.05. The molecular weight excluding hydrogens is 451 g/mol. The molecule has 0 bridgehead atoms. The molecule has 176 valence electrons. The van der Waals surface area contributed by atoms with E-state index < -0.39 is 26.7 Å². The van der Waals surface area contributed by atoms with Crippen LogP contribution in [0, 0.1) is 0 Å². The highest BCUT2D eigenvalue weighted by atomic mass is 35.5. The molecule has 1 aromatic rings. The lowest BCUT2D eigenvalue weighted by molar-refractivity contribution is -0.135. The van der Waals surface area contributed by atoms with E-state index >= 15 is 4.39 Å². The third-order valence-corrected chi connectivity index (χ3v) is 8.84. The number of benzene rings is 1. The topological polar surface area (TPSA) is 57.7 Å². The van der Waals surface area contributed by atoms with E-state index in [9.17, 15) is 13.2 Å². The van der Waals surface area contributed by atoms with Crippen molar-refractivity contribution in [2.75, 3.05) is 25.9 Å². The van der Waals surface area contributed by atoms with Gasteiger partial charge in [-0.15, -0.1) is 12.4 Å². The number of likely N-dealkylation sites (tertiary alicyclic amines) is 2. The lowest BCUT2D eigenvalue weighted by atomic mass is 9.89. The largest absolute Gasteiger partial charge is 0.337 e. The number of hydrogen-bond acceptors (Lipinski definition) is 4. The molecule has 0 saturated carbocycles. The summed E-state index contributed by atoms with van der Waals surface area (Å²) in [5.74, 6) is -0.628. The lowest BCUT2D eigenvalue weighted by Gasteiger charge is -2.38. The number of hydrogen-bond donors (Lipinski definition) is 0. The first-order chi connectivity index (χ1) is 14.7. The van der Waals surface area contributed by atoms with Crippen molar-refractivity contribution in [1.29, 1.82) is 0 Å². The summed E-state index contributed by atoms with van der Waals surface area (Å²) in [4.78, 5) is 17.7. The van der Waals surface area contributed by atoms with Gasteiger partial charge in [0, 0.05) is 31.4 Å². The second-order valence-electron chi connectivity index (χ2n) is 9.07. The van der Waals surface area contributed by atoms with Crippen LogP contribution in [0.15, 0.2) is 48.6 Å². The molecule has 2 aliphatic heterocycles. The van der Waals surface area contributed by atoms with Crippen molar-refractivity contribution in [1.82, 2.24) is 9.80 Å². The highest BCUT2D eigenvalue weighted by Gasteiger charge is 2.56. The molecule has 2 heterocycles. The third kappa shape index (κ3) is 4.39. The fourth-order valence-electron chi connectivity index (χ4n) is 5.19. The fourth-order valence-corrected chi connectivity index (χ4v) is 6.42. The number of halogens is 2. The first kappa shape index (κ1) is 24.9. The molecule has 1 amide bonds. The van der Waals surface area contributed by atoms with Gasteiger partial charge in [-0.05, 0) is 56.4 Å². The Morgan fingerprint density at radius 3 is 2.44 bits per heavy atom. The summed E-state index contributed by atoms with van der Waals surface area (Å²) < 4.78 is 39.2. The Morgan fingerprint density at radius 2 is 1.84 bits per heavy atom. The number of amides is 1. The van der Waals surface area contributed by atoms with Gasteiger partial charge < -0.3 is 4.90 Å². The molecule has 2 fully saturated rings. The summed E-state index contributed by atoms with van der Waals surface area (Å²) in [6.07, 6.45) is 7.07. The second kappa shape index (κ2) is 9.65. The van der Waals surface area contributed by atoms with Gasteiger partial charge in [0.2, 0.25) is 4.75 Å². The lowest BCUT2D eigenvalue weighted by Crippen LogP contribution is -2.60. The van der Waals surface area contributed by atoms with Gasteiger partial charge in [0.25, 0.3) is 5.91 Å². The van der Waals surface area contributed by atoms with Crippen LogP contribution in [-0.2, 0) is 14.6 Å². The Morgan fingerprint density at radius 1 is 1.16 bits per heavy atom. The van der Waals surface area contributed by atoms with Crippen LogP contribution >= 0.6 is 12.4 Å². The number of carbonyl (C=O) groups is 1. The minimum absolute atomic E-state index is 0. The Hall–Kier alpha value is -1.70. The molecule has 2 saturated heterocycles. The van der Waals surface area contributed by atoms with Gasteiger partial charge in [-0.1, -0.05) is 42.5 Å². The van der Waals surface area contributed by atoms with Crippen LogP contribution in [0.25, 0.3) is 5.57 Å². The number of nitrogens with zero attached hydrogens (tertiary/aromatic N) is 2. The molecule has 0 aromatic heterocycles. The second-order valence-corrected chi connectivity index (χ2v) is 11.3. The van der Waals surface area contributed by atoms with Crippen LogP contribution < -0.4 is 0 Å². The summed E-state index contributed by atoms with van der Waals surface area (Å²) in [5, 5.41) is 0. The van der Waals surface area contributed by atoms with Gasteiger partial charge in [-0.2, -0.15) is 0 Å². The van der Waals surface area contributed by atoms with Crippen molar-refractivity contribution in [2.24, 2.45) is 0 Å². The van der Waals surface area contributed by atoms with Crippen molar-refractivity contribution in [3.05, 3.63) is 54.1 Å². The molecule has 5 nitrogen and oxygen atoms in total. The summed E-state index contributed by atoms with van der Waals surface area (Å²) in [6, 6.07) is 9.61. The number of rotatable bonds is 5. The Bertz CT molecular complexity index is 998. The van der Waals surface area contributed by atoms with Crippen LogP contribution in [0.5, 0.6) is 0 Å². The molecular formula is C24H32ClFN2O3S. The summed E-state index contributed by atoms with van der Waals surface area (Å²) in [6.45, 7) is 4.37. The molecule has 1 aromatic carbocycles. The monoisotopic (exact) mass is 482 g/mol. The van der Waals surface area contributed by atoms with Crippen LogP contribution in [0.2, 0.25) is 0 Å². The summed E-state index contributed by atoms with van der Waals surface area (Å²) in [5.41, 5.74) is 1.38. The zero-order valence-electron chi connectivity index (χ0n) is 18.6. The molecule has 3 aliphatic rings. The molecule has 0 N–H and O–H groups in total. The molecule has 2 unspecified atom stereocenters. The van der Waals surface area contributed by atoms with E-state index in [1.165, 1.54) is 12.2 Å². The van der Waals surface area contributed by atoms with Crippen LogP contribution in [0.3, 0.4) is 0 Å². The number of allylic oxidation sites excluding steroid dienone is 3. The predicted octanol–water partition coefficient (Wildman–Crippen LogP) is 3.66. The standard InChI is InChI=1S/C24H31FN2O3S.ClH/c1-18-8-6-14-26(18)17-21-11-7-15-27(21)23(28)24(31(2,29)30)13-12-20(16-22(24)25)19-9-4-3-5-10-19;/h3-5,9-10,12-13,16,18,21-22H,6-8,11,14-15,17H2,1-2H3;1H/t18-,21+,22?,24?;/m1./s1. The van der Waals surface area contributed by atoms with Crippen molar-refractivity contribution >= 4 is 33.7 Å². The van der Waals surface area contributed by atoms with Gasteiger partial charge >= 0.3 is 0 Å². The molecule has 4 atom stereocenters. The minimum Gasteiger partial charge on any atom is -0.337 e. The number of alkyl halides is 1. The molecule has 32 heavy (non-hydrogen) atoms. The smallest absolute Gasteiger partial charge is 0.251 e. The Kier molecular flexibility index (Phi) is 7.52. The predicted molar refractivity (Wildman–Crippen MR) is 128 cm³/mol. The molecule has 0 spiro atoms. The van der Waals surface area contributed by atoms with Gasteiger partial charge in [0.05, 0.1) is 0 Å². The van der Waals surface area contributed by atoms with Crippen molar-refractivity contribution < 1.29 is 17.6 Å². The molecule has 0 radical (unpaired) electrons. The van der Waals surface area contributed by atoms with E-state index in [0.29, 0.717) is 18.2 Å². The van der Waals surface area contributed by atoms with Crippen molar-refractivity contribution in [2.45, 2.75) is 55.6 Å². The zero-order chi connectivity index (χ0) is 22.2. The average molecular weight is 483 g/mol. The van der Waals surface area contributed by atoms with E-state index in [2.05, 4.69) is 11.8 Å². The first-order valence-electron chi connectivity index (χ1n) is 11.1.